The SMILES string of the molecule is CCCCc1cc(C(C)CO)cc([N+](=O)[O-])c1. The van der Waals surface area contributed by atoms with Gasteiger partial charge in [0.05, 0.1) is 4.92 Å². The highest BCUT2D eigenvalue weighted by atomic mass is 16.6. The Bertz CT molecular complexity index is 390. The molecule has 1 aromatic carbocycles. The Morgan fingerprint density at radius 1 is 1.41 bits per heavy atom. The lowest BCUT2D eigenvalue weighted by Gasteiger charge is -2.10. The number of nitro benzene ring substituents is 1. The minimum atomic E-state index is -0.372. The molecule has 0 bridgehead atoms. The molecule has 4 nitrogen and oxygen atoms in total. The lowest BCUT2D eigenvalue weighted by molar-refractivity contribution is -0.385. The average molecular weight is 237 g/mol. The summed E-state index contributed by atoms with van der Waals surface area (Å²) >= 11 is 0. The number of aryl methyl sites for hydroxylation is 1. The van der Waals surface area contributed by atoms with Crippen LogP contribution in [-0.4, -0.2) is 16.6 Å². The Hall–Kier alpha value is -1.42. The number of nitro groups is 1. The second kappa shape index (κ2) is 6.35. The van der Waals surface area contributed by atoms with E-state index in [9.17, 15) is 10.1 Å². The van der Waals surface area contributed by atoms with E-state index in [1.54, 1.807) is 12.1 Å². The third-order valence-corrected chi connectivity index (χ3v) is 2.87. The van der Waals surface area contributed by atoms with Gasteiger partial charge < -0.3 is 5.11 Å². The number of non-ortho nitro benzene ring substituents is 1. The summed E-state index contributed by atoms with van der Waals surface area (Å²) in [7, 11) is 0. The van der Waals surface area contributed by atoms with E-state index >= 15 is 0 Å². The minimum absolute atomic E-state index is 0.00832. The molecule has 0 saturated carbocycles. The Labute approximate surface area is 101 Å². The van der Waals surface area contributed by atoms with Crippen LogP contribution in [0.3, 0.4) is 0 Å². The second-order valence-corrected chi connectivity index (χ2v) is 4.38. The van der Waals surface area contributed by atoms with Gasteiger partial charge in [0.2, 0.25) is 0 Å². The second-order valence-electron chi connectivity index (χ2n) is 4.38. The topological polar surface area (TPSA) is 63.4 Å². The molecule has 0 spiro atoms. The first-order valence-electron chi connectivity index (χ1n) is 5.97. The molecular weight excluding hydrogens is 218 g/mol. The van der Waals surface area contributed by atoms with E-state index in [2.05, 4.69) is 6.92 Å². The summed E-state index contributed by atoms with van der Waals surface area (Å²) in [4.78, 5) is 10.5. The van der Waals surface area contributed by atoms with E-state index < -0.39 is 0 Å². The third-order valence-electron chi connectivity index (χ3n) is 2.87. The third kappa shape index (κ3) is 3.82. The van der Waals surface area contributed by atoms with Crippen LogP contribution in [0.15, 0.2) is 18.2 Å². The smallest absolute Gasteiger partial charge is 0.269 e. The number of benzene rings is 1. The van der Waals surface area contributed by atoms with Crippen LogP contribution in [0.1, 0.15) is 43.7 Å². The van der Waals surface area contributed by atoms with Crippen LogP contribution in [0.2, 0.25) is 0 Å². The molecule has 0 amide bonds. The summed E-state index contributed by atoms with van der Waals surface area (Å²) in [5.41, 5.74) is 1.94. The lowest BCUT2D eigenvalue weighted by Crippen LogP contribution is -2.02. The fourth-order valence-corrected chi connectivity index (χ4v) is 1.72. The molecule has 0 fully saturated rings. The zero-order valence-electron chi connectivity index (χ0n) is 10.3. The lowest BCUT2D eigenvalue weighted by atomic mass is 9.97. The van der Waals surface area contributed by atoms with E-state index in [1.165, 1.54) is 0 Å². The van der Waals surface area contributed by atoms with Gasteiger partial charge in [-0.2, -0.15) is 0 Å². The van der Waals surface area contributed by atoms with Crippen molar-refractivity contribution in [1.82, 2.24) is 0 Å². The summed E-state index contributed by atoms with van der Waals surface area (Å²) < 4.78 is 0. The molecule has 0 radical (unpaired) electrons. The fraction of sp³-hybridized carbons (Fsp3) is 0.538. The van der Waals surface area contributed by atoms with Crippen molar-refractivity contribution in [2.75, 3.05) is 6.61 Å². The van der Waals surface area contributed by atoms with Crippen LogP contribution in [-0.2, 0) is 6.42 Å². The van der Waals surface area contributed by atoms with Gasteiger partial charge in [-0.15, -0.1) is 0 Å². The molecule has 4 heteroatoms. The predicted octanol–water partition coefficient (Wildman–Crippen LogP) is 3.03. The van der Waals surface area contributed by atoms with Crippen molar-refractivity contribution in [3.63, 3.8) is 0 Å². The Morgan fingerprint density at radius 2 is 2.12 bits per heavy atom. The van der Waals surface area contributed by atoms with Gasteiger partial charge in [-0.1, -0.05) is 26.3 Å². The predicted molar refractivity (Wildman–Crippen MR) is 67.2 cm³/mol. The molecule has 0 aliphatic carbocycles. The van der Waals surface area contributed by atoms with Gasteiger partial charge in [0.25, 0.3) is 5.69 Å². The van der Waals surface area contributed by atoms with Crippen molar-refractivity contribution >= 4 is 5.69 Å². The molecule has 94 valence electrons. The highest BCUT2D eigenvalue weighted by molar-refractivity contribution is 5.40. The molecule has 0 heterocycles. The van der Waals surface area contributed by atoms with E-state index in [0.29, 0.717) is 0 Å². The number of rotatable bonds is 6. The molecule has 1 atom stereocenters. The quantitative estimate of drug-likeness (QED) is 0.611. The zero-order valence-corrected chi connectivity index (χ0v) is 10.3. The molecule has 0 aromatic heterocycles. The standard InChI is InChI=1S/C13H19NO3/c1-3-4-5-11-6-12(10(2)9-15)8-13(7-11)14(16)17/h6-8,10,15H,3-5,9H2,1-2H3. The van der Waals surface area contributed by atoms with Crippen LogP contribution in [0.5, 0.6) is 0 Å². The average Bonchev–Trinajstić information content (AvgIpc) is 2.34. The molecular formula is C13H19NO3. The molecule has 0 aliphatic rings. The first-order chi connectivity index (χ1) is 8.08. The number of unbranched alkanes of at least 4 members (excludes halogenated alkanes) is 1. The first kappa shape index (κ1) is 13.6. The first-order valence-corrected chi connectivity index (χ1v) is 5.97. The number of hydrogen-bond acceptors (Lipinski definition) is 3. The Morgan fingerprint density at radius 3 is 2.65 bits per heavy atom. The van der Waals surface area contributed by atoms with E-state index in [4.69, 9.17) is 5.11 Å². The van der Waals surface area contributed by atoms with Crippen molar-refractivity contribution in [3.05, 3.63) is 39.4 Å². The van der Waals surface area contributed by atoms with Gasteiger partial charge in [-0.3, -0.25) is 10.1 Å². The summed E-state index contributed by atoms with van der Waals surface area (Å²) in [5, 5.41) is 19.9. The van der Waals surface area contributed by atoms with E-state index in [0.717, 1.165) is 30.4 Å². The normalized spacial score (nSPS) is 12.4. The van der Waals surface area contributed by atoms with Crippen LogP contribution < -0.4 is 0 Å². The molecule has 17 heavy (non-hydrogen) atoms. The van der Waals surface area contributed by atoms with Gasteiger partial charge in [0, 0.05) is 24.7 Å². The van der Waals surface area contributed by atoms with Gasteiger partial charge in [-0.25, -0.2) is 0 Å². The maximum atomic E-state index is 10.8. The van der Waals surface area contributed by atoms with Gasteiger partial charge in [0.15, 0.2) is 0 Å². The zero-order chi connectivity index (χ0) is 12.8. The molecule has 1 rings (SSSR count). The van der Waals surface area contributed by atoms with Crippen LogP contribution in [0, 0.1) is 10.1 Å². The Balaban J connectivity index is 3.05. The van der Waals surface area contributed by atoms with Crippen molar-refractivity contribution in [2.24, 2.45) is 0 Å². The van der Waals surface area contributed by atoms with Crippen LogP contribution >= 0.6 is 0 Å². The highest BCUT2D eigenvalue weighted by Crippen LogP contribution is 2.24. The summed E-state index contributed by atoms with van der Waals surface area (Å²) in [6.45, 7) is 3.96. The van der Waals surface area contributed by atoms with Gasteiger partial charge in [-0.05, 0) is 24.0 Å². The van der Waals surface area contributed by atoms with E-state index in [1.807, 2.05) is 13.0 Å². The number of aliphatic hydroxyl groups excluding tert-OH is 1. The van der Waals surface area contributed by atoms with Crippen molar-refractivity contribution in [2.45, 2.75) is 39.0 Å². The maximum Gasteiger partial charge on any atom is 0.269 e. The van der Waals surface area contributed by atoms with Crippen molar-refractivity contribution in [3.8, 4) is 0 Å². The highest BCUT2D eigenvalue weighted by Gasteiger charge is 2.13. The molecule has 1 aromatic rings. The van der Waals surface area contributed by atoms with Crippen LogP contribution in [0.4, 0.5) is 5.69 Å². The Kier molecular flexibility index (Phi) is 5.10. The number of aliphatic hydroxyl groups is 1. The molecule has 1 N–H and O–H groups in total. The maximum absolute atomic E-state index is 10.8. The van der Waals surface area contributed by atoms with Crippen molar-refractivity contribution in [1.29, 1.82) is 0 Å². The molecule has 0 aliphatic heterocycles. The summed E-state index contributed by atoms with van der Waals surface area (Å²) in [5.74, 6) is -0.0599. The monoisotopic (exact) mass is 237 g/mol. The van der Waals surface area contributed by atoms with Crippen molar-refractivity contribution < 1.29 is 10.0 Å². The van der Waals surface area contributed by atoms with Crippen LogP contribution in [0.25, 0.3) is 0 Å². The summed E-state index contributed by atoms with van der Waals surface area (Å²) in [6, 6.07) is 5.14. The number of nitrogens with zero attached hydrogens (tertiary/aromatic N) is 1. The van der Waals surface area contributed by atoms with Gasteiger partial charge in [0.1, 0.15) is 0 Å². The largest absolute Gasteiger partial charge is 0.396 e. The molecule has 1 unspecified atom stereocenters. The molecule has 0 saturated heterocycles. The number of hydrogen-bond donors (Lipinski definition) is 1. The van der Waals surface area contributed by atoms with E-state index in [-0.39, 0.29) is 23.1 Å². The van der Waals surface area contributed by atoms with Gasteiger partial charge >= 0.3 is 0 Å². The minimum Gasteiger partial charge on any atom is -0.396 e. The fourth-order valence-electron chi connectivity index (χ4n) is 1.72. The summed E-state index contributed by atoms with van der Waals surface area (Å²) in [6.07, 6.45) is 2.94.